The van der Waals surface area contributed by atoms with Gasteiger partial charge in [0, 0.05) is 11.9 Å². The molecule has 0 aliphatic heterocycles. The van der Waals surface area contributed by atoms with Crippen LogP contribution in [0.25, 0.3) is 10.9 Å². The summed E-state index contributed by atoms with van der Waals surface area (Å²) in [7, 11) is 0. The van der Waals surface area contributed by atoms with Gasteiger partial charge in [-0.3, -0.25) is 4.79 Å². The highest BCUT2D eigenvalue weighted by molar-refractivity contribution is 5.97. The van der Waals surface area contributed by atoms with Crippen LogP contribution in [0.1, 0.15) is 23.8 Å². The van der Waals surface area contributed by atoms with Gasteiger partial charge in [0.05, 0.1) is 11.2 Å². The minimum atomic E-state index is -0.156. The van der Waals surface area contributed by atoms with E-state index in [1.165, 1.54) is 0 Å². The van der Waals surface area contributed by atoms with Crippen LogP contribution in [0, 0.1) is 0 Å². The smallest absolute Gasteiger partial charge is 0.269 e. The normalized spacial score (nSPS) is 10.4. The number of nitrogens with two attached hydrogens (primary N) is 1. The quantitative estimate of drug-likeness (QED) is 0.790. The summed E-state index contributed by atoms with van der Waals surface area (Å²) in [6, 6.07) is 9.15. The van der Waals surface area contributed by atoms with Gasteiger partial charge in [-0.1, -0.05) is 25.1 Å². The fourth-order valence-corrected chi connectivity index (χ4v) is 1.63. The molecule has 0 bridgehead atoms. The van der Waals surface area contributed by atoms with Crippen LogP contribution in [0.15, 0.2) is 30.3 Å². The van der Waals surface area contributed by atoms with Gasteiger partial charge in [-0.15, -0.1) is 0 Å². The van der Waals surface area contributed by atoms with Gasteiger partial charge in [-0.2, -0.15) is 0 Å². The lowest BCUT2D eigenvalue weighted by Gasteiger charge is -2.05. The first-order chi connectivity index (χ1) is 8.22. The summed E-state index contributed by atoms with van der Waals surface area (Å²) in [5, 5.41) is 3.73. The summed E-state index contributed by atoms with van der Waals surface area (Å²) in [5.74, 6) is -0.156. The van der Waals surface area contributed by atoms with Crippen LogP contribution in [-0.4, -0.2) is 17.4 Å². The number of carbonyl (C=O) groups excluding carboxylic acids is 1. The van der Waals surface area contributed by atoms with E-state index in [0.29, 0.717) is 23.4 Å². The summed E-state index contributed by atoms with van der Waals surface area (Å²) >= 11 is 0. The number of fused-ring (bicyclic) bond motifs is 1. The molecule has 1 aromatic carbocycles. The molecule has 0 aliphatic rings. The van der Waals surface area contributed by atoms with Crippen LogP contribution >= 0.6 is 0 Å². The number of rotatable bonds is 3. The van der Waals surface area contributed by atoms with Crippen molar-refractivity contribution in [2.45, 2.75) is 13.3 Å². The van der Waals surface area contributed by atoms with Crippen molar-refractivity contribution in [2.24, 2.45) is 0 Å². The molecule has 0 unspecified atom stereocenters. The zero-order valence-corrected chi connectivity index (χ0v) is 9.73. The van der Waals surface area contributed by atoms with E-state index in [9.17, 15) is 4.79 Å². The summed E-state index contributed by atoms with van der Waals surface area (Å²) in [5.41, 5.74) is 7.51. The van der Waals surface area contributed by atoms with E-state index >= 15 is 0 Å². The van der Waals surface area contributed by atoms with E-state index in [0.717, 1.165) is 11.8 Å². The minimum Gasteiger partial charge on any atom is -0.397 e. The fourth-order valence-electron chi connectivity index (χ4n) is 1.63. The van der Waals surface area contributed by atoms with Crippen molar-refractivity contribution in [2.75, 3.05) is 12.3 Å². The highest BCUT2D eigenvalue weighted by Crippen LogP contribution is 2.18. The topological polar surface area (TPSA) is 68.0 Å². The van der Waals surface area contributed by atoms with Gasteiger partial charge in [0.1, 0.15) is 5.69 Å². The molecule has 88 valence electrons. The van der Waals surface area contributed by atoms with E-state index in [-0.39, 0.29) is 5.91 Å². The number of benzene rings is 1. The lowest BCUT2D eigenvalue weighted by Crippen LogP contribution is -2.24. The van der Waals surface area contributed by atoms with E-state index in [1.807, 2.05) is 25.1 Å². The highest BCUT2D eigenvalue weighted by Gasteiger charge is 2.08. The number of pyridine rings is 1. The Bertz CT molecular complexity index is 551. The maximum atomic E-state index is 11.7. The van der Waals surface area contributed by atoms with Crippen LogP contribution in [0.5, 0.6) is 0 Å². The molecule has 0 aliphatic carbocycles. The lowest BCUT2D eigenvalue weighted by molar-refractivity contribution is 0.0949. The molecule has 0 atom stereocenters. The molecule has 17 heavy (non-hydrogen) atoms. The van der Waals surface area contributed by atoms with Crippen molar-refractivity contribution in [3.8, 4) is 0 Å². The molecule has 2 aromatic rings. The Morgan fingerprint density at radius 1 is 1.35 bits per heavy atom. The SMILES string of the molecule is CCCNC(=O)c1ccc2cccc(N)c2n1. The Kier molecular flexibility index (Phi) is 3.23. The minimum absolute atomic E-state index is 0.156. The standard InChI is InChI=1S/C13H15N3O/c1-2-8-15-13(17)11-7-6-9-4-3-5-10(14)12(9)16-11/h3-7H,2,8,14H2,1H3,(H,15,17). The monoisotopic (exact) mass is 229 g/mol. The Morgan fingerprint density at radius 2 is 2.18 bits per heavy atom. The van der Waals surface area contributed by atoms with Gasteiger partial charge in [-0.05, 0) is 18.6 Å². The first kappa shape index (κ1) is 11.4. The summed E-state index contributed by atoms with van der Waals surface area (Å²) in [4.78, 5) is 16.0. The fraction of sp³-hybridized carbons (Fsp3) is 0.231. The predicted octanol–water partition coefficient (Wildman–Crippen LogP) is 1.96. The molecule has 0 fully saturated rings. The van der Waals surface area contributed by atoms with Gasteiger partial charge in [0.2, 0.25) is 0 Å². The van der Waals surface area contributed by atoms with Crippen LogP contribution in [-0.2, 0) is 0 Å². The van der Waals surface area contributed by atoms with Crippen LogP contribution in [0.4, 0.5) is 5.69 Å². The summed E-state index contributed by atoms with van der Waals surface area (Å²) < 4.78 is 0. The van der Waals surface area contributed by atoms with Gasteiger partial charge in [0.25, 0.3) is 5.91 Å². The van der Waals surface area contributed by atoms with Gasteiger partial charge >= 0.3 is 0 Å². The van der Waals surface area contributed by atoms with Crippen LogP contribution in [0.3, 0.4) is 0 Å². The van der Waals surface area contributed by atoms with Crippen molar-refractivity contribution < 1.29 is 4.79 Å². The second kappa shape index (κ2) is 4.82. The van der Waals surface area contributed by atoms with Gasteiger partial charge < -0.3 is 11.1 Å². The van der Waals surface area contributed by atoms with Gasteiger partial charge in [0.15, 0.2) is 0 Å². The third kappa shape index (κ3) is 2.36. The summed E-state index contributed by atoms with van der Waals surface area (Å²) in [6.07, 6.45) is 0.904. The highest BCUT2D eigenvalue weighted by atomic mass is 16.1. The molecule has 0 saturated heterocycles. The Labute approximate surface area is 99.8 Å². The molecule has 0 spiro atoms. The number of nitrogens with one attached hydrogen (secondary N) is 1. The zero-order valence-electron chi connectivity index (χ0n) is 9.73. The van der Waals surface area contributed by atoms with Gasteiger partial charge in [-0.25, -0.2) is 4.98 Å². The second-order valence-corrected chi connectivity index (χ2v) is 3.87. The van der Waals surface area contributed by atoms with E-state index in [2.05, 4.69) is 10.3 Å². The van der Waals surface area contributed by atoms with Crippen molar-refractivity contribution >= 4 is 22.5 Å². The number of para-hydroxylation sites is 1. The Morgan fingerprint density at radius 3 is 2.94 bits per heavy atom. The molecule has 1 amide bonds. The largest absolute Gasteiger partial charge is 0.397 e. The second-order valence-electron chi connectivity index (χ2n) is 3.87. The molecule has 3 N–H and O–H groups in total. The van der Waals surface area contributed by atoms with E-state index < -0.39 is 0 Å². The van der Waals surface area contributed by atoms with Crippen molar-refractivity contribution in [1.82, 2.24) is 10.3 Å². The molecule has 4 nitrogen and oxygen atoms in total. The number of hydrogen-bond acceptors (Lipinski definition) is 3. The third-order valence-electron chi connectivity index (χ3n) is 2.52. The molecular weight excluding hydrogens is 214 g/mol. The molecule has 0 radical (unpaired) electrons. The molecule has 1 aromatic heterocycles. The first-order valence-corrected chi connectivity index (χ1v) is 5.66. The predicted molar refractivity (Wildman–Crippen MR) is 68.8 cm³/mol. The summed E-state index contributed by atoms with van der Waals surface area (Å²) in [6.45, 7) is 2.66. The molecular formula is C13H15N3O. The van der Waals surface area contributed by atoms with Crippen LogP contribution < -0.4 is 11.1 Å². The number of aromatic nitrogens is 1. The maximum absolute atomic E-state index is 11.7. The molecule has 4 heteroatoms. The maximum Gasteiger partial charge on any atom is 0.269 e. The number of carbonyl (C=O) groups is 1. The molecule has 2 rings (SSSR count). The number of nitrogen functional groups attached to an aromatic ring is 1. The average molecular weight is 229 g/mol. The average Bonchev–Trinajstić information content (AvgIpc) is 2.36. The first-order valence-electron chi connectivity index (χ1n) is 5.66. The Balaban J connectivity index is 2.37. The van der Waals surface area contributed by atoms with E-state index in [4.69, 9.17) is 5.73 Å². The van der Waals surface area contributed by atoms with Crippen LogP contribution in [0.2, 0.25) is 0 Å². The Hall–Kier alpha value is -2.10. The van der Waals surface area contributed by atoms with E-state index in [1.54, 1.807) is 12.1 Å². The lowest BCUT2D eigenvalue weighted by atomic mass is 10.1. The molecule has 1 heterocycles. The number of nitrogens with zero attached hydrogens (tertiary/aromatic N) is 1. The van der Waals surface area contributed by atoms with Crippen molar-refractivity contribution in [3.05, 3.63) is 36.0 Å². The molecule has 0 saturated carbocycles. The third-order valence-corrected chi connectivity index (χ3v) is 2.52. The number of hydrogen-bond donors (Lipinski definition) is 2. The number of amides is 1. The van der Waals surface area contributed by atoms with Crippen molar-refractivity contribution in [1.29, 1.82) is 0 Å². The van der Waals surface area contributed by atoms with Crippen molar-refractivity contribution in [3.63, 3.8) is 0 Å². The number of anilines is 1. The zero-order chi connectivity index (χ0) is 12.3.